The number of nitrogens with zero attached hydrogens (tertiary/aromatic N) is 4. The Kier molecular flexibility index (Phi) is 2.30. The number of aryl methyl sites for hydroxylation is 1. The van der Waals surface area contributed by atoms with Crippen LogP contribution in [0.5, 0.6) is 0 Å². The largest absolute Gasteiger partial charge is 0.428 e. The van der Waals surface area contributed by atoms with Gasteiger partial charge < -0.3 is 4.42 Å². The van der Waals surface area contributed by atoms with Crippen molar-refractivity contribution >= 4 is 17.0 Å². The van der Waals surface area contributed by atoms with E-state index in [1.54, 1.807) is 17.6 Å². The second kappa shape index (κ2) is 3.62. The average Bonchev–Trinajstić information content (AvgIpc) is 2.90. The van der Waals surface area contributed by atoms with Gasteiger partial charge in [0.1, 0.15) is 5.76 Å². The minimum atomic E-state index is -0.403. The lowest BCUT2D eigenvalue weighted by Crippen LogP contribution is -2.37. The molecule has 3 aromatic rings. The van der Waals surface area contributed by atoms with Crippen LogP contribution in [0.15, 0.2) is 20.2 Å². The van der Waals surface area contributed by atoms with E-state index in [0.29, 0.717) is 17.0 Å². The Balaban J connectivity index is 2.53. The van der Waals surface area contributed by atoms with Crippen LogP contribution in [-0.2, 0) is 19.5 Å². The quantitative estimate of drug-likeness (QED) is 0.608. The van der Waals surface area contributed by atoms with Crippen LogP contribution in [0.4, 0.5) is 0 Å². The summed E-state index contributed by atoms with van der Waals surface area (Å²) in [7, 11) is 3.04. The van der Waals surface area contributed by atoms with Crippen molar-refractivity contribution in [1.29, 1.82) is 0 Å². The van der Waals surface area contributed by atoms with Crippen LogP contribution < -0.4 is 11.2 Å². The number of hydrogen-bond donors (Lipinski definition) is 0. The van der Waals surface area contributed by atoms with Crippen molar-refractivity contribution in [2.75, 3.05) is 0 Å². The zero-order valence-corrected chi connectivity index (χ0v) is 12.1. The molecular weight excluding hydrogens is 260 g/mol. The molecule has 0 spiro atoms. The van der Waals surface area contributed by atoms with Crippen molar-refractivity contribution in [3.8, 4) is 0 Å². The van der Waals surface area contributed by atoms with Crippen molar-refractivity contribution in [2.24, 2.45) is 14.1 Å². The standard InChI is InChI=1S/C13H16N4O3/c1-13(2,3)7-6-17-8-9(14-11(17)20-7)15(4)12(19)16(5)10(8)18/h6H,1-5H3. The lowest BCUT2D eigenvalue weighted by Gasteiger charge is -2.12. The van der Waals surface area contributed by atoms with Gasteiger partial charge in [0.25, 0.3) is 5.56 Å². The molecule has 106 valence electrons. The molecule has 0 fully saturated rings. The van der Waals surface area contributed by atoms with E-state index in [1.165, 1.54) is 11.6 Å². The van der Waals surface area contributed by atoms with Gasteiger partial charge in [-0.05, 0) is 0 Å². The molecule has 3 rings (SSSR count). The normalized spacial score (nSPS) is 12.7. The van der Waals surface area contributed by atoms with E-state index in [1.807, 2.05) is 20.8 Å². The highest BCUT2D eigenvalue weighted by molar-refractivity contribution is 5.74. The predicted molar refractivity (Wildman–Crippen MR) is 74.1 cm³/mol. The van der Waals surface area contributed by atoms with E-state index in [9.17, 15) is 9.59 Å². The van der Waals surface area contributed by atoms with Gasteiger partial charge in [-0.2, -0.15) is 4.98 Å². The highest BCUT2D eigenvalue weighted by Crippen LogP contribution is 2.25. The number of rotatable bonds is 0. The third kappa shape index (κ3) is 1.49. The van der Waals surface area contributed by atoms with Gasteiger partial charge in [-0.3, -0.25) is 18.3 Å². The lowest BCUT2D eigenvalue weighted by molar-refractivity contribution is 0.426. The molecule has 0 aliphatic heterocycles. The van der Waals surface area contributed by atoms with Crippen molar-refractivity contribution in [3.63, 3.8) is 0 Å². The van der Waals surface area contributed by atoms with E-state index in [-0.39, 0.29) is 11.0 Å². The molecule has 0 amide bonds. The molecule has 0 bridgehead atoms. The minimum absolute atomic E-state index is 0.182. The summed E-state index contributed by atoms with van der Waals surface area (Å²) in [5.74, 6) is 1.06. The molecule has 0 N–H and O–H groups in total. The molecular formula is C13H16N4O3. The Hall–Kier alpha value is -2.31. The molecule has 0 saturated heterocycles. The molecule has 0 aromatic carbocycles. The first-order valence-electron chi connectivity index (χ1n) is 6.30. The summed E-state index contributed by atoms with van der Waals surface area (Å²) < 4.78 is 9.72. The van der Waals surface area contributed by atoms with Crippen LogP contribution in [0.1, 0.15) is 26.5 Å². The maximum atomic E-state index is 12.3. The maximum Gasteiger partial charge on any atom is 0.332 e. The monoisotopic (exact) mass is 276 g/mol. The Labute approximate surface area is 114 Å². The van der Waals surface area contributed by atoms with Crippen molar-refractivity contribution in [3.05, 3.63) is 32.8 Å². The molecule has 0 aliphatic rings. The SMILES string of the molecule is Cn1c(=O)c2c(nc3oc(C(C)(C)C)cn32)n(C)c1=O. The lowest BCUT2D eigenvalue weighted by atomic mass is 9.94. The van der Waals surface area contributed by atoms with Crippen molar-refractivity contribution in [2.45, 2.75) is 26.2 Å². The molecule has 7 heteroatoms. The Morgan fingerprint density at radius 3 is 2.40 bits per heavy atom. The fraction of sp³-hybridized carbons (Fsp3) is 0.462. The van der Waals surface area contributed by atoms with E-state index in [4.69, 9.17) is 4.42 Å². The summed E-state index contributed by atoms with van der Waals surface area (Å²) in [6.07, 6.45) is 1.76. The van der Waals surface area contributed by atoms with Crippen LogP contribution in [-0.4, -0.2) is 18.5 Å². The summed E-state index contributed by atoms with van der Waals surface area (Å²) >= 11 is 0. The summed E-state index contributed by atoms with van der Waals surface area (Å²) in [6.45, 7) is 6.05. The second-order valence-electron chi connectivity index (χ2n) is 5.99. The van der Waals surface area contributed by atoms with Crippen LogP contribution in [0, 0.1) is 0 Å². The van der Waals surface area contributed by atoms with Gasteiger partial charge in [0, 0.05) is 19.5 Å². The molecule has 20 heavy (non-hydrogen) atoms. The van der Waals surface area contributed by atoms with Crippen molar-refractivity contribution < 1.29 is 4.42 Å². The van der Waals surface area contributed by atoms with Crippen molar-refractivity contribution in [1.82, 2.24) is 18.5 Å². The summed E-state index contributed by atoms with van der Waals surface area (Å²) in [5, 5.41) is 0. The highest BCUT2D eigenvalue weighted by Gasteiger charge is 2.23. The van der Waals surface area contributed by atoms with Gasteiger partial charge in [0.05, 0.1) is 6.20 Å². The van der Waals surface area contributed by atoms with Gasteiger partial charge in [-0.25, -0.2) is 4.79 Å². The highest BCUT2D eigenvalue weighted by atomic mass is 16.4. The number of oxazole rings is 1. The third-order valence-corrected chi connectivity index (χ3v) is 3.45. The second-order valence-corrected chi connectivity index (χ2v) is 5.99. The van der Waals surface area contributed by atoms with Crippen LogP contribution >= 0.6 is 0 Å². The Bertz CT molecular complexity index is 946. The van der Waals surface area contributed by atoms with Crippen LogP contribution in [0.2, 0.25) is 0 Å². The van der Waals surface area contributed by atoms with Gasteiger partial charge in [0.15, 0.2) is 11.2 Å². The van der Waals surface area contributed by atoms with Gasteiger partial charge in [-0.15, -0.1) is 0 Å². The molecule has 0 unspecified atom stereocenters. The zero-order valence-electron chi connectivity index (χ0n) is 12.1. The number of hydrogen-bond acceptors (Lipinski definition) is 4. The molecule has 0 atom stereocenters. The molecule has 7 nitrogen and oxygen atoms in total. The fourth-order valence-electron chi connectivity index (χ4n) is 2.18. The first-order chi connectivity index (χ1) is 9.21. The van der Waals surface area contributed by atoms with E-state index >= 15 is 0 Å². The number of fused-ring (bicyclic) bond motifs is 3. The number of aromatic nitrogens is 4. The smallest absolute Gasteiger partial charge is 0.332 e. The van der Waals surface area contributed by atoms with Crippen LogP contribution in [0.3, 0.4) is 0 Å². The zero-order chi connectivity index (χ0) is 14.8. The Morgan fingerprint density at radius 2 is 1.80 bits per heavy atom. The summed E-state index contributed by atoms with van der Waals surface area (Å²) in [5.41, 5.74) is -0.281. The molecule has 0 saturated carbocycles. The van der Waals surface area contributed by atoms with E-state index in [2.05, 4.69) is 4.98 Å². The first-order valence-corrected chi connectivity index (χ1v) is 6.30. The minimum Gasteiger partial charge on any atom is -0.428 e. The maximum absolute atomic E-state index is 12.3. The Morgan fingerprint density at radius 1 is 1.15 bits per heavy atom. The van der Waals surface area contributed by atoms with Gasteiger partial charge in [0.2, 0.25) is 0 Å². The van der Waals surface area contributed by atoms with Crippen LogP contribution in [0.25, 0.3) is 17.0 Å². The van der Waals surface area contributed by atoms with Gasteiger partial charge >= 0.3 is 11.5 Å². The fourth-order valence-corrected chi connectivity index (χ4v) is 2.18. The number of imidazole rings is 1. The van der Waals surface area contributed by atoms with E-state index < -0.39 is 5.69 Å². The summed E-state index contributed by atoms with van der Waals surface area (Å²) in [6, 6.07) is 0. The molecule has 0 radical (unpaired) electrons. The molecule has 3 heterocycles. The predicted octanol–water partition coefficient (Wildman–Crippen LogP) is 0.775. The average molecular weight is 276 g/mol. The molecule has 0 aliphatic carbocycles. The van der Waals surface area contributed by atoms with E-state index in [0.717, 1.165) is 10.3 Å². The topological polar surface area (TPSA) is 74.4 Å². The molecule has 3 aromatic heterocycles. The first kappa shape index (κ1) is 12.7. The third-order valence-electron chi connectivity index (χ3n) is 3.45. The summed E-state index contributed by atoms with van der Waals surface area (Å²) in [4.78, 5) is 28.4. The van der Waals surface area contributed by atoms with Gasteiger partial charge in [-0.1, -0.05) is 20.8 Å².